The first-order valence-electron chi connectivity index (χ1n) is 5.71. The highest BCUT2D eigenvalue weighted by Crippen LogP contribution is 2.10. The van der Waals surface area contributed by atoms with Crippen molar-refractivity contribution in [3.8, 4) is 0 Å². The molecule has 0 aliphatic rings. The van der Waals surface area contributed by atoms with E-state index in [9.17, 15) is 4.79 Å². The predicted molar refractivity (Wildman–Crippen MR) is 72.8 cm³/mol. The molecule has 1 aromatic heterocycles. The van der Waals surface area contributed by atoms with Crippen LogP contribution in [0.5, 0.6) is 0 Å². The standard InChI is InChI=1S/C14H15N3O/c1-10-4-3-5-12(8-10)16-14(18)17-13-9-11(2)6-7-15-13/h3-9H,1-2H3,(H2,15,16,17,18). The first-order valence-corrected chi connectivity index (χ1v) is 5.71. The first kappa shape index (κ1) is 12.1. The van der Waals surface area contributed by atoms with Crippen molar-refractivity contribution in [1.29, 1.82) is 0 Å². The van der Waals surface area contributed by atoms with Crippen molar-refractivity contribution < 1.29 is 4.79 Å². The number of hydrogen-bond donors (Lipinski definition) is 2. The van der Waals surface area contributed by atoms with Crippen LogP contribution in [0.25, 0.3) is 0 Å². The van der Waals surface area contributed by atoms with Gasteiger partial charge in [-0.25, -0.2) is 9.78 Å². The Hall–Kier alpha value is -2.36. The minimum absolute atomic E-state index is 0.293. The number of amides is 2. The topological polar surface area (TPSA) is 54.0 Å². The summed E-state index contributed by atoms with van der Waals surface area (Å²) in [7, 11) is 0. The number of aromatic nitrogens is 1. The molecule has 2 N–H and O–H groups in total. The van der Waals surface area contributed by atoms with Gasteiger partial charge in [0.1, 0.15) is 5.82 Å². The molecule has 0 radical (unpaired) electrons. The van der Waals surface area contributed by atoms with E-state index in [4.69, 9.17) is 0 Å². The fraction of sp³-hybridized carbons (Fsp3) is 0.143. The second-order valence-corrected chi connectivity index (χ2v) is 4.17. The smallest absolute Gasteiger partial charge is 0.308 e. The molecule has 4 nitrogen and oxygen atoms in total. The molecule has 2 aromatic rings. The third kappa shape index (κ3) is 3.31. The summed E-state index contributed by atoms with van der Waals surface area (Å²) in [6.45, 7) is 3.93. The first-order chi connectivity index (χ1) is 8.63. The van der Waals surface area contributed by atoms with E-state index in [-0.39, 0.29) is 6.03 Å². The number of hydrogen-bond acceptors (Lipinski definition) is 2. The summed E-state index contributed by atoms with van der Waals surface area (Å²) in [6, 6.07) is 11.0. The van der Waals surface area contributed by atoms with Crippen LogP contribution in [0, 0.1) is 13.8 Å². The average Bonchev–Trinajstić information content (AvgIpc) is 2.28. The molecular weight excluding hydrogens is 226 g/mol. The summed E-state index contributed by atoms with van der Waals surface area (Å²) >= 11 is 0. The van der Waals surface area contributed by atoms with Crippen molar-refractivity contribution in [2.75, 3.05) is 10.6 Å². The molecule has 4 heteroatoms. The number of aryl methyl sites for hydroxylation is 2. The van der Waals surface area contributed by atoms with Crippen LogP contribution in [0.1, 0.15) is 11.1 Å². The zero-order chi connectivity index (χ0) is 13.0. The fourth-order valence-electron chi connectivity index (χ4n) is 1.61. The van der Waals surface area contributed by atoms with Crippen molar-refractivity contribution in [3.05, 3.63) is 53.7 Å². The van der Waals surface area contributed by atoms with Gasteiger partial charge in [0.25, 0.3) is 0 Å². The Balaban J connectivity index is 2.01. The van der Waals surface area contributed by atoms with Gasteiger partial charge in [-0.15, -0.1) is 0 Å². The number of nitrogens with one attached hydrogen (secondary N) is 2. The van der Waals surface area contributed by atoms with Gasteiger partial charge in [0.05, 0.1) is 0 Å². The molecule has 1 aromatic carbocycles. The van der Waals surface area contributed by atoms with E-state index in [1.54, 1.807) is 6.20 Å². The van der Waals surface area contributed by atoms with Gasteiger partial charge in [-0.05, 0) is 49.2 Å². The number of carbonyl (C=O) groups excluding carboxylic acids is 1. The lowest BCUT2D eigenvalue weighted by molar-refractivity contribution is 0.262. The lowest BCUT2D eigenvalue weighted by atomic mass is 10.2. The number of rotatable bonds is 2. The fourth-order valence-corrected chi connectivity index (χ4v) is 1.61. The highest BCUT2D eigenvalue weighted by molar-refractivity contribution is 5.99. The second-order valence-electron chi connectivity index (χ2n) is 4.17. The van der Waals surface area contributed by atoms with Crippen molar-refractivity contribution >= 4 is 17.5 Å². The van der Waals surface area contributed by atoms with Gasteiger partial charge < -0.3 is 5.32 Å². The number of anilines is 2. The molecule has 1 heterocycles. The maximum atomic E-state index is 11.7. The number of benzene rings is 1. The minimum Gasteiger partial charge on any atom is -0.308 e. The Morgan fingerprint density at radius 3 is 2.56 bits per heavy atom. The van der Waals surface area contributed by atoms with E-state index in [2.05, 4.69) is 15.6 Å². The Bertz CT molecular complexity index is 517. The van der Waals surface area contributed by atoms with Crippen molar-refractivity contribution in [1.82, 2.24) is 4.98 Å². The third-order valence-electron chi connectivity index (χ3n) is 2.43. The molecule has 0 fully saturated rings. The summed E-state index contributed by atoms with van der Waals surface area (Å²) in [5, 5.41) is 5.45. The molecule has 0 aliphatic heterocycles. The number of pyridine rings is 1. The largest absolute Gasteiger partial charge is 0.324 e. The molecule has 0 aliphatic carbocycles. The Morgan fingerprint density at radius 2 is 1.83 bits per heavy atom. The monoisotopic (exact) mass is 241 g/mol. The zero-order valence-electron chi connectivity index (χ0n) is 10.4. The molecular formula is C14H15N3O. The predicted octanol–water partition coefficient (Wildman–Crippen LogP) is 3.34. The molecule has 0 saturated carbocycles. The lowest BCUT2D eigenvalue weighted by Crippen LogP contribution is -2.20. The van der Waals surface area contributed by atoms with Crippen LogP contribution >= 0.6 is 0 Å². The highest BCUT2D eigenvalue weighted by atomic mass is 16.2. The van der Waals surface area contributed by atoms with E-state index >= 15 is 0 Å². The van der Waals surface area contributed by atoms with Gasteiger partial charge in [0.15, 0.2) is 0 Å². The normalized spacial score (nSPS) is 9.89. The Kier molecular flexibility index (Phi) is 3.57. The van der Waals surface area contributed by atoms with Gasteiger partial charge >= 0.3 is 6.03 Å². The number of nitrogens with zero attached hydrogens (tertiary/aromatic N) is 1. The van der Waals surface area contributed by atoms with Crippen molar-refractivity contribution in [2.24, 2.45) is 0 Å². The van der Waals surface area contributed by atoms with Crippen molar-refractivity contribution in [2.45, 2.75) is 13.8 Å². The zero-order valence-corrected chi connectivity index (χ0v) is 10.4. The molecule has 0 saturated heterocycles. The maximum absolute atomic E-state index is 11.7. The van der Waals surface area contributed by atoms with E-state index in [1.807, 2.05) is 50.2 Å². The average molecular weight is 241 g/mol. The molecule has 2 amide bonds. The maximum Gasteiger partial charge on any atom is 0.324 e. The summed E-state index contributed by atoms with van der Waals surface area (Å²) in [4.78, 5) is 15.8. The molecule has 0 unspecified atom stereocenters. The summed E-state index contributed by atoms with van der Waals surface area (Å²) in [5.74, 6) is 0.542. The summed E-state index contributed by atoms with van der Waals surface area (Å²) in [5.41, 5.74) is 2.91. The van der Waals surface area contributed by atoms with Crippen LogP contribution < -0.4 is 10.6 Å². The number of carbonyl (C=O) groups is 1. The Labute approximate surface area is 106 Å². The lowest BCUT2D eigenvalue weighted by Gasteiger charge is -2.07. The van der Waals surface area contributed by atoms with Gasteiger partial charge in [0, 0.05) is 11.9 Å². The van der Waals surface area contributed by atoms with Crippen LogP contribution in [-0.2, 0) is 0 Å². The third-order valence-corrected chi connectivity index (χ3v) is 2.43. The van der Waals surface area contributed by atoms with E-state index in [0.29, 0.717) is 5.82 Å². The number of urea groups is 1. The molecule has 0 bridgehead atoms. The summed E-state index contributed by atoms with van der Waals surface area (Å²) in [6.07, 6.45) is 1.66. The van der Waals surface area contributed by atoms with Crippen LogP contribution in [0.4, 0.5) is 16.3 Å². The van der Waals surface area contributed by atoms with Crippen LogP contribution in [-0.4, -0.2) is 11.0 Å². The quantitative estimate of drug-likeness (QED) is 0.847. The molecule has 2 rings (SSSR count). The minimum atomic E-state index is -0.293. The van der Waals surface area contributed by atoms with Crippen molar-refractivity contribution in [3.63, 3.8) is 0 Å². The molecule has 0 spiro atoms. The second kappa shape index (κ2) is 5.31. The van der Waals surface area contributed by atoms with Gasteiger partial charge in [-0.1, -0.05) is 12.1 Å². The summed E-state index contributed by atoms with van der Waals surface area (Å²) < 4.78 is 0. The van der Waals surface area contributed by atoms with Gasteiger partial charge in [-0.2, -0.15) is 0 Å². The van der Waals surface area contributed by atoms with Gasteiger partial charge in [-0.3, -0.25) is 5.32 Å². The van der Waals surface area contributed by atoms with Crippen LogP contribution in [0.2, 0.25) is 0 Å². The highest BCUT2D eigenvalue weighted by Gasteiger charge is 2.03. The van der Waals surface area contributed by atoms with E-state index in [1.165, 1.54) is 0 Å². The SMILES string of the molecule is Cc1cccc(NC(=O)Nc2cc(C)ccn2)c1. The molecule has 92 valence electrons. The van der Waals surface area contributed by atoms with Crippen LogP contribution in [0.3, 0.4) is 0 Å². The van der Waals surface area contributed by atoms with Crippen LogP contribution in [0.15, 0.2) is 42.6 Å². The van der Waals surface area contributed by atoms with E-state index < -0.39 is 0 Å². The molecule has 0 atom stereocenters. The van der Waals surface area contributed by atoms with E-state index in [0.717, 1.165) is 16.8 Å². The Morgan fingerprint density at radius 1 is 1.06 bits per heavy atom. The molecule has 18 heavy (non-hydrogen) atoms. The van der Waals surface area contributed by atoms with Gasteiger partial charge in [0.2, 0.25) is 0 Å².